The Bertz CT molecular complexity index is 701. The van der Waals surface area contributed by atoms with Gasteiger partial charge in [0.05, 0.1) is 16.4 Å². The lowest BCUT2D eigenvalue weighted by atomic mass is 10.2. The highest BCUT2D eigenvalue weighted by molar-refractivity contribution is 7.15. The first-order chi connectivity index (χ1) is 9.95. The molecule has 0 bridgehead atoms. The van der Waals surface area contributed by atoms with Gasteiger partial charge in [0.15, 0.2) is 0 Å². The van der Waals surface area contributed by atoms with Gasteiger partial charge in [-0.25, -0.2) is 9.78 Å². The number of carbonyl (C=O) groups is 2. The molecule has 2 heterocycles. The van der Waals surface area contributed by atoms with Gasteiger partial charge in [-0.05, 0) is 31.6 Å². The van der Waals surface area contributed by atoms with E-state index < -0.39 is 5.97 Å². The summed E-state index contributed by atoms with van der Waals surface area (Å²) in [7, 11) is 0. The number of carboxylic acids is 1. The van der Waals surface area contributed by atoms with Gasteiger partial charge in [0, 0.05) is 22.0 Å². The van der Waals surface area contributed by atoms with Crippen molar-refractivity contribution >= 4 is 40.6 Å². The van der Waals surface area contributed by atoms with Crippen molar-refractivity contribution in [2.75, 3.05) is 0 Å². The molecule has 0 aliphatic rings. The lowest BCUT2D eigenvalue weighted by Gasteiger charge is -2.00. The van der Waals surface area contributed by atoms with Gasteiger partial charge in [-0.1, -0.05) is 0 Å². The molecule has 0 fully saturated rings. The molecular weight excluding hydrogens is 308 g/mol. The van der Waals surface area contributed by atoms with Gasteiger partial charge in [0.1, 0.15) is 0 Å². The summed E-state index contributed by atoms with van der Waals surface area (Å²) in [6, 6.07) is 1.76. The fourth-order valence-corrected chi connectivity index (χ4v) is 3.39. The van der Waals surface area contributed by atoms with Crippen molar-refractivity contribution in [1.82, 2.24) is 10.3 Å². The second-order valence-electron chi connectivity index (χ2n) is 4.36. The van der Waals surface area contributed by atoms with Crippen molar-refractivity contribution in [2.45, 2.75) is 20.4 Å². The van der Waals surface area contributed by atoms with E-state index in [9.17, 15) is 9.59 Å². The Morgan fingerprint density at radius 3 is 2.76 bits per heavy atom. The zero-order valence-corrected chi connectivity index (χ0v) is 13.2. The number of amides is 1. The average Bonchev–Trinajstić information content (AvgIpc) is 3.00. The third-order valence-corrected chi connectivity index (χ3v) is 4.76. The van der Waals surface area contributed by atoms with Gasteiger partial charge < -0.3 is 10.4 Å². The predicted molar refractivity (Wildman–Crippen MR) is 83.7 cm³/mol. The molecule has 0 atom stereocenters. The van der Waals surface area contributed by atoms with Crippen LogP contribution in [0.1, 0.15) is 30.0 Å². The van der Waals surface area contributed by atoms with E-state index in [0.717, 1.165) is 26.4 Å². The van der Waals surface area contributed by atoms with E-state index in [2.05, 4.69) is 10.3 Å². The molecule has 0 aromatic carbocycles. The van der Waals surface area contributed by atoms with Crippen LogP contribution in [0.15, 0.2) is 18.3 Å². The lowest BCUT2D eigenvalue weighted by Crippen LogP contribution is -2.21. The van der Waals surface area contributed by atoms with Gasteiger partial charge in [-0.15, -0.1) is 22.7 Å². The molecule has 5 nitrogen and oxygen atoms in total. The topological polar surface area (TPSA) is 79.3 Å². The number of nitrogens with one attached hydrogen (secondary N) is 1. The van der Waals surface area contributed by atoms with E-state index in [0.29, 0.717) is 11.4 Å². The van der Waals surface area contributed by atoms with Crippen molar-refractivity contribution in [3.05, 3.63) is 43.5 Å². The molecule has 2 N–H and O–H groups in total. The number of aromatic nitrogens is 1. The van der Waals surface area contributed by atoms with Gasteiger partial charge in [0.2, 0.25) is 0 Å². The number of hydrogen-bond acceptors (Lipinski definition) is 5. The Hall–Kier alpha value is -1.99. The SMILES string of the molecule is Cc1ncc(CNC(=O)c2cc(C)c(/C=C/C(=O)O)s2)s1. The highest BCUT2D eigenvalue weighted by Crippen LogP contribution is 2.23. The second-order valence-corrected chi connectivity index (χ2v) is 6.76. The predicted octanol–water partition coefficient (Wildman–Crippen LogP) is 2.85. The van der Waals surface area contributed by atoms with Crippen molar-refractivity contribution in [3.63, 3.8) is 0 Å². The normalized spacial score (nSPS) is 11.0. The number of thiazole rings is 1. The summed E-state index contributed by atoms with van der Waals surface area (Å²) in [5.41, 5.74) is 0.885. The number of aliphatic carboxylic acids is 1. The summed E-state index contributed by atoms with van der Waals surface area (Å²) < 4.78 is 0. The Balaban J connectivity index is 2.02. The second kappa shape index (κ2) is 6.64. The Labute approximate surface area is 130 Å². The van der Waals surface area contributed by atoms with Crippen LogP contribution in [-0.2, 0) is 11.3 Å². The van der Waals surface area contributed by atoms with Crippen LogP contribution in [-0.4, -0.2) is 22.0 Å². The number of thiophene rings is 1. The maximum atomic E-state index is 12.1. The fourth-order valence-electron chi connectivity index (χ4n) is 1.66. The molecule has 1 amide bonds. The number of aryl methyl sites for hydroxylation is 2. The van der Waals surface area contributed by atoms with Crippen molar-refractivity contribution in [1.29, 1.82) is 0 Å². The van der Waals surface area contributed by atoms with Gasteiger partial charge in [-0.2, -0.15) is 0 Å². The Kier molecular flexibility index (Phi) is 4.87. The zero-order valence-electron chi connectivity index (χ0n) is 11.5. The summed E-state index contributed by atoms with van der Waals surface area (Å²) in [5.74, 6) is -1.17. The molecule has 0 saturated carbocycles. The summed E-state index contributed by atoms with van der Waals surface area (Å²) in [6.07, 6.45) is 4.33. The molecule has 21 heavy (non-hydrogen) atoms. The number of rotatable bonds is 5. The molecule has 110 valence electrons. The van der Waals surface area contributed by atoms with Crippen LogP contribution in [0.4, 0.5) is 0 Å². The lowest BCUT2D eigenvalue weighted by molar-refractivity contribution is -0.131. The monoisotopic (exact) mass is 322 g/mol. The summed E-state index contributed by atoms with van der Waals surface area (Å²) >= 11 is 2.82. The van der Waals surface area contributed by atoms with Crippen LogP contribution in [0.3, 0.4) is 0 Å². The largest absolute Gasteiger partial charge is 0.478 e. The van der Waals surface area contributed by atoms with Crippen LogP contribution in [0.25, 0.3) is 6.08 Å². The number of nitrogens with zero attached hydrogens (tertiary/aromatic N) is 1. The van der Waals surface area contributed by atoms with Crippen LogP contribution < -0.4 is 5.32 Å². The number of carboxylic acid groups (broad SMARTS) is 1. The van der Waals surface area contributed by atoms with Crippen molar-refractivity contribution in [3.8, 4) is 0 Å². The standard InChI is InChI=1S/C14H14N2O3S2/c1-8-5-12(21-11(8)3-4-13(17)18)14(19)16-7-10-6-15-9(2)20-10/h3-6H,7H2,1-2H3,(H,16,19)(H,17,18)/b4-3+. The van der Waals surface area contributed by atoms with E-state index in [4.69, 9.17) is 5.11 Å². The number of carbonyl (C=O) groups excluding carboxylic acids is 1. The third-order valence-electron chi connectivity index (χ3n) is 2.65. The van der Waals surface area contributed by atoms with Crippen LogP contribution >= 0.6 is 22.7 Å². The van der Waals surface area contributed by atoms with Crippen LogP contribution in [0.5, 0.6) is 0 Å². The van der Waals surface area contributed by atoms with E-state index in [-0.39, 0.29) is 5.91 Å². The molecular formula is C14H14N2O3S2. The minimum absolute atomic E-state index is 0.163. The zero-order chi connectivity index (χ0) is 15.4. The van der Waals surface area contributed by atoms with Crippen LogP contribution in [0.2, 0.25) is 0 Å². The summed E-state index contributed by atoms with van der Waals surface area (Å²) in [5, 5.41) is 12.4. The first kappa shape index (κ1) is 15.4. The summed E-state index contributed by atoms with van der Waals surface area (Å²) in [6.45, 7) is 4.21. The average molecular weight is 322 g/mol. The molecule has 7 heteroatoms. The molecule has 2 aromatic heterocycles. The molecule has 0 unspecified atom stereocenters. The highest BCUT2D eigenvalue weighted by atomic mass is 32.1. The smallest absolute Gasteiger partial charge is 0.328 e. The Morgan fingerprint density at radius 1 is 1.38 bits per heavy atom. The fraction of sp³-hybridized carbons (Fsp3) is 0.214. The number of hydrogen-bond donors (Lipinski definition) is 2. The molecule has 0 aliphatic carbocycles. The quantitative estimate of drug-likeness (QED) is 0.830. The third kappa shape index (κ3) is 4.24. The molecule has 0 radical (unpaired) electrons. The van der Waals surface area contributed by atoms with E-state index in [1.54, 1.807) is 23.6 Å². The van der Waals surface area contributed by atoms with Crippen molar-refractivity contribution in [2.24, 2.45) is 0 Å². The van der Waals surface area contributed by atoms with Crippen molar-refractivity contribution < 1.29 is 14.7 Å². The van der Waals surface area contributed by atoms with Gasteiger partial charge in [0.25, 0.3) is 5.91 Å². The maximum absolute atomic E-state index is 12.1. The maximum Gasteiger partial charge on any atom is 0.328 e. The molecule has 0 saturated heterocycles. The van der Waals surface area contributed by atoms with Gasteiger partial charge in [-0.3, -0.25) is 4.79 Å². The molecule has 0 spiro atoms. The first-order valence-corrected chi connectivity index (χ1v) is 7.80. The molecule has 2 rings (SSSR count). The van der Waals surface area contributed by atoms with E-state index >= 15 is 0 Å². The highest BCUT2D eigenvalue weighted by Gasteiger charge is 2.11. The molecule has 0 aliphatic heterocycles. The minimum atomic E-state index is -1.01. The van der Waals surface area contributed by atoms with Crippen LogP contribution in [0, 0.1) is 13.8 Å². The minimum Gasteiger partial charge on any atom is -0.478 e. The summed E-state index contributed by atoms with van der Waals surface area (Å²) in [4.78, 5) is 29.1. The van der Waals surface area contributed by atoms with E-state index in [1.165, 1.54) is 17.4 Å². The van der Waals surface area contributed by atoms with Gasteiger partial charge >= 0.3 is 5.97 Å². The first-order valence-electron chi connectivity index (χ1n) is 6.16. The van der Waals surface area contributed by atoms with E-state index in [1.807, 2.05) is 13.8 Å². The Morgan fingerprint density at radius 2 is 2.14 bits per heavy atom. The molecule has 2 aromatic rings.